The number of benzene rings is 2. The van der Waals surface area contributed by atoms with Crippen molar-refractivity contribution in [3.8, 4) is 28.8 Å². The Bertz CT molecular complexity index is 1010. The third kappa shape index (κ3) is 2.93. The minimum atomic E-state index is -0.197. The van der Waals surface area contributed by atoms with Gasteiger partial charge < -0.3 is 14.5 Å². The number of fused-ring (bicyclic) bond motifs is 2. The number of hydrogen-bond donors (Lipinski definition) is 1. The molecule has 0 saturated heterocycles. The average molecular weight is 399 g/mol. The van der Waals surface area contributed by atoms with Crippen molar-refractivity contribution in [3.63, 3.8) is 0 Å². The molecule has 1 aliphatic heterocycles. The second-order valence-electron chi connectivity index (χ2n) is 5.66. The zero-order valence-electron chi connectivity index (χ0n) is 13.5. The molecular weight excluding hydrogens is 384 g/mol. The Labute approximate surface area is 152 Å². The number of hydrogen-bond acceptors (Lipinski definition) is 4. The first kappa shape index (κ1) is 15.9. The van der Waals surface area contributed by atoms with Gasteiger partial charge in [0.2, 0.25) is 5.88 Å². The van der Waals surface area contributed by atoms with Crippen molar-refractivity contribution in [1.82, 2.24) is 9.97 Å². The second kappa shape index (κ2) is 6.37. The van der Waals surface area contributed by atoms with Crippen molar-refractivity contribution >= 4 is 15.9 Å². The number of aromatic amines is 1. The summed E-state index contributed by atoms with van der Waals surface area (Å²) in [5.74, 6) is 2.18. The minimum absolute atomic E-state index is 0.197. The number of nitrogens with zero attached hydrogens (tertiary/aromatic N) is 1. The van der Waals surface area contributed by atoms with Crippen LogP contribution < -0.4 is 15.0 Å². The van der Waals surface area contributed by atoms with Crippen LogP contribution in [-0.2, 0) is 6.42 Å². The Kier molecular flexibility index (Phi) is 4.05. The van der Waals surface area contributed by atoms with Gasteiger partial charge in [0.1, 0.15) is 17.3 Å². The van der Waals surface area contributed by atoms with Crippen LogP contribution in [0.2, 0.25) is 0 Å². The van der Waals surface area contributed by atoms with Crippen LogP contribution in [0.15, 0.2) is 51.7 Å². The van der Waals surface area contributed by atoms with Gasteiger partial charge in [-0.15, -0.1) is 0 Å². The van der Waals surface area contributed by atoms with Crippen LogP contribution in [0, 0.1) is 0 Å². The van der Waals surface area contributed by atoms with E-state index in [-0.39, 0.29) is 5.56 Å². The van der Waals surface area contributed by atoms with Gasteiger partial charge in [0.25, 0.3) is 5.56 Å². The highest BCUT2D eigenvalue weighted by Crippen LogP contribution is 2.36. The molecule has 0 unspecified atom stereocenters. The van der Waals surface area contributed by atoms with Crippen LogP contribution >= 0.6 is 15.9 Å². The van der Waals surface area contributed by atoms with Crippen molar-refractivity contribution in [2.75, 3.05) is 6.61 Å². The highest BCUT2D eigenvalue weighted by Gasteiger charge is 2.23. The number of para-hydroxylation sites is 1. The molecule has 0 amide bonds. The topological polar surface area (TPSA) is 64.2 Å². The largest absolute Gasteiger partial charge is 0.493 e. The molecule has 3 aromatic rings. The number of rotatable bonds is 3. The molecule has 0 radical (unpaired) electrons. The van der Waals surface area contributed by atoms with Gasteiger partial charge in [-0.3, -0.25) is 4.79 Å². The van der Waals surface area contributed by atoms with Gasteiger partial charge in [0.15, 0.2) is 0 Å². The molecule has 1 aliphatic rings. The summed E-state index contributed by atoms with van der Waals surface area (Å²) in [5, 5.41) is 0. The van der Waals surface area contributed by atoms with E-state index >= 15 is 0 Å². The van der Waals surface area contributed by atoms with Crippen LogP contribution in [0.4, 0.5) is 0 Å². The lowest BCUT2D eigenvalue weighted by atomic mass is 10.0. The predicted molar refractivity (Wildman–Crippen MR) is 98.5 cm³/mol. The first-order valence-corrected chi connectivity index (χ1v) is 8.76. The third-order valence-corrected chi connectivity index (χ3v) is 4.51. The highest BCUT2D eigenvalue weighted by molar-refractivity contribution is 9.10. The van der Waals surface area contributed by atoms with Crippen molar-refractivity contribution in [2.45, 2.75) is 13.3 Å². The van der Waals surface area contributed by atoms with Gasteiger partial charge in [0.05, 0.1) is 17.7 Å². The fraction of sp³-hybridized carbons (Fsp3) is 0.158. The fourth-order valence-corrected chi connectivity index (χ4v) is 3.28. The summed E-state index contributed by atoms with van der Waals surface area (Å²) in [4.78, 5) is 20.0. The maximum Gasteiger partial charge on any atom is 0.258 e. The normalized spacial score (nSPS) is 12.1. The smallest absolute Gasteiger partial charge is 0.258 e. The Morgan fingerprint density at radius 3 is 2.96 bits per heavy atom. The summed E-state index contributed by atoms with van der Waals surface area (Å²) in [7, 11) is 0. The van der Waals surface area contributed by atoms with Gasteiger partial charge >= 0.3 is 0 Å². The molecule has 0 saturated carbocycles. The molecule has 0 aliphatic carbocycles. The maximum atomic E-state index is 12.6. The van der Waals surface area contributed by atoms with E-state index in [1.54, 1.807) is 0 Å². The van der Waals surface area contributed by atoms with Gasteiger partial charge in [-0.2, -0.15) is 4.98 Å². The second-order valence-corrected chi connectivity index (χ2v) is 6.57. The molecule has 4 rings (SSSR count). The van der Waals surface area contributed by atoms with E-state index < -0.39 is 0 Å². The molecule has 6 heteroatoms. The van der Waals surface area contributed by atoms with E-state index in [2.05, 4.69) is 25.9 Å². The van der Waals surface area contributed by atoms with Crippen LogP contribution in [0.5, 0.6) is 17.4 Å². The molecule has 0 fully saturated rings. The molecule has 0 atom stereocenters. The zero-order valence-corrected chi connectivity index (χ0v) is 15.1. The summed E-state index contributed by atoms with van der Waals surface area (Å²) < 4.78 is 12.5. The van der Waals surface area contributed by atoms with Crippen molar-refractivity contribution in [1.29, 1.82) is 0 Å². The Morgan fingerprint density at radius 2 is 2.12 bits per heavy atom. The van der Waals surface area contributed by atoms with Crippen LogP contribution in [-0.4, -0.2) is 16.6 Å². The van der Waals surface area contributed by atoms with E-state index in [0.29, 0.717) is 36.0 Å². The average Bonchev–Trinajstić information content (AvgIpc) is 2.61. The van der Waals surface area contributed by atoms with E-state index in [9.17, 15) is 4.79 Å². The number of ether oxygens (including phenoxy) is 2. The van der Waals surface area contributed by atoms with Crippen molar-refractivity contribution < 1.29 is 9.47 Å². The summed E-state index contributed by atoms with van der Waals surface area (Å²) in [6, 6.07) is 13.2. The van der Waals surface area contributed by atoms with Crippen LogP contribution in [0.3, 0.4) is 0 Å². The van der Waals surface area contributed by atoms with E-state index in [4.69, 9.17) is 9.47 Å². The van der Waals surface area contributed by atoms with E-state index in [1.165, 1.54) is 0 Å². The Balaban J connectivity index is 1.81. The summed E-state index contributed by atoms with van der Waals surface area (Å²) in [6.07, 6.45) is 0.486. The summed E-state index contributed by atoms with van der Waals surface area (Å²) in [6.45, 7) is 2.45. The SMILES string of the molecule is CCOc1ccccc1-c1nc2c(c(=O)[nH]1)Cc1cc(Br)ccc1O2. The van der Waals surface area contributed by atoms with Crippen LogP contribution in [0.25, 0.3) is 11.4 Å². The highest BCUT2D eigenvalue weighted by atomic mass is 79.9. The number of nitrogens with one attached hydrogen (secondary N) is 1. The van der Waals surface area contributed by atoms with E-state index in [1.807, 2.05) is 49.4 Å². The molecule has 2 heterocycles. The van der Waals surface area contributed by atoms with Crippen molar-refractivity contribution in [3.05, 3.63) is 68.4 Å². The van der Waals surface area contributed by atoms with Crippen molar-refractivity contribution in [2.24, 2.45) is 0 Å². The standard InChI is InChI=1S/C19H15BrN2O3/c1-2-24-16-6-4-3-5-13(16)17-21-18(23)14-10-11-9-12(20)7-8-15(11)25-19(14)22-17/h3-9H,2,10H2,1H3,(H,21,22,23). The monoisotopic (exact) mass is 398 g/mol. The minimum Gasteiger partial charge on any atom is -0.493 e. The van der Waals surface area contributed by atoms with E-state index in [0.717, 1.165) is 21.3 Å². The number of H-pyrrole nitrogens is 1. The lowest BCUT2D eigenvalue weighted by Crippen LogP contribution is -2.20. The fourth-order valence-electron chi connectivity index (χ4n) is 2.87. The molecule has 25 heavy (non-hydrogen) atoms. The quantitative estimate of drug-likeness (QED) is 0.558. The molecular formula is C19H15BrN2O3. The number of halogens is 1. The first-order valence-electron chi connectivity index (χ1n) is 7.97. The van der Waals surface area contributed by atoms with Gasteiger partial charge in [-0.1, -0.05) is 28.1 Å². The summed E-state index contributed by atoms with van der Waals surface area (Å²) in [5.41, 5.74) is 2.02. The molecule has 1 aromatic heterocycles. The molecule has 0 bridgehead atoms. The van der Waals surface area contributed by atoms with Gasteiger partial charge in [0, 0.05) is 16.5 Å². The zero-order chi connectivity index (χ0) is 17.4. The molecule has 1 N–H and O–H groups in total. The lowest BCUT2D eigenvalue weighted by molar-refractivity contribution is 0.341. The Morgan fingerprint density at radius 1 is 1.28 bits per heavy atom. The third-order valence-electron chi connectivity index (χ3n) is 4.02. The molecule has 0 spiro atoms. The lowest BCUT2D eigenvalue weighted by Gasteiger charge is -2.19. The molecule has 2 aromatic carbocycles. The van der Waals surface area contributed by atoms with Crippen LogP contribution in [0.1, 0.15) is 18.1 Å². The molecule has 5 nitrogen and oxygen atoms in total. The molecule has 126 valence electrons. The predicted octanol–water partition coefficient (Wildman–Crippen LogP) is 4.29. The number of aromatic nitrogens is 2. The van der Waals surface area contributed by atoms with Gasteiger partial charge in [-0.05, 0) is 37.3 Å². The first-order chi connectivity index (χ1) is 12.2. The Hall–Kier alpha value is -2.60. The summed E-state index contributed by atoms with van der Waals surface area (Å²) >= 11 is 3.44. The maximum absolute atomic E-state index is 12.6. The van der Waals surface area contributed by atoms with Gasteiger partial charge in [-0.25, -0.2) is 0 Å².